The van der Waals surface area contributed by atoms with Gasteiger partial charge < -0.3 is 25.1 Å². The lowest BCUT2D eigenvalue weighted by Crippen LogP contribution is -2.52. The van der Waals surface area contributed by atoms with Gasteiger partial charge in [0, 0.05) is 13.6 Å². The van der Waals surface area contributed by atoms with Crippen LogP contribution in [0.4, 0.5) is 5.88 Å². The Morgan fingerprint density at radius 1 is 1.35 bits per heavy atom. The number of nitriles is 1. The van der Waals surface area contributed by atoms with Crippen LogP contribution in [0.2, 0.25) is 0 Å². The summed E-state index contributed by atoms with van der Waals surface area (Å²) in [6.07, 6.45) is 1.68. The molecule has 0 fully saturated rings. The minimum absolute atomic E-state index is 0.183. The van der Waals surface area contributed by atoms with E-state index in [1.807, 2.05) is 32.7 Å². The van der Waals surface area contributed by atoms with Gasteiger partial charge in [0.1, 0.15) is 24.3 Å². The van der Waals surface area contributed by atoms with Crippen molar-refractivity contribution in [3.05, 3.63) is 11.6 Å². The molecule has 1 aliphatic heterocycles. The van der Waals surface area contributed by atoms with Gasteiger partial charge in [-0.3, -0.25) is 9.59 Å². The fraction of sp³-hybridized carbons (Fsp3) is 0.727. The van der Waals surface area contributed by atoms with Gasteiger partial charge in [0.15, 0.2) is 0 Å². The standard InChI is InChI=1S/C22H35N5O4/c1-13(2)16(28)19(30)24-14-10-8-7-9-11-27(6)21-15(12-23)25-20(31-21)17(22(3,4)5)26-18(14)29/h13-14,16-17,28H,7-11H2,1-6H3,(H,24,30)(H,26,29)/t14-,16-,17+/m0/s1. The highest BCUT2D eigenvalue weighted by atomic mass is 16.4. The first-order valence-corrected chi connectivity index (χ1v) is 10.9. The molecular formula is C22H35N5O4. The third-order valence-corrected chi connectivity index (χ3v) is 5.50. The third kappa shape index (κ3) is 6.20. The van der Waals surface area contributed by atoms with Gasteiger partial charge in [-0.15, -0.1) is 0 Å². The van der Waals surface area contributed by atoms with E-state index >= 15 is 0 Å². The third-order valence-electron chi connectivity index (χ3n) is 5.50. The summed E-state index contributed by atoms with van der Waals surface area (Å²) in [6, 6.07) is 0.685. The van der Waals surface area contributed by atoms with Crippen molar-refractivity contribution in [3.63, 3.8) is 0 Å². The molecule has 2 heterocycles. The van der Waals surface area contributed by atoms with Crippen molar-refractivity contribution < 1.29 is 19.1 Å². The Balaban J connectivity index is 2.38. The molecule has 0 aliphatic carbocycles. The molecule has 1 aromatic heterocycles. The highest BCUT2D eigenvalue weighted by Crippen LogP contribution is 2.35. The van der Waals surface area contributed by atoms with Gasteiger partial charge in [-0.2, -0.15) is 10.2 Å². The Morgan fingerprint density at radius 2 is 2.03 bits per heavy atom. The van der Waals surface area contributed by atoms with E-state index in [0.29, 0.717) is 18.8 Å². The summed E-state index contributed by atoms with van der Waals surface area (Å²) in [6.45, 7) is 9.97. The normalized spacial score (nSPS) is 21.9. The summed E-state index contributed by atoms with van der Waals surface area (Å²) in [5, 5.41) is 25.3. The van der Waals surface area contributed by atoms with E-state index in [-0.39, 0.29) is 23.4 Å². The molecule has 0 aromatic carbocycles. The maximum absolute atomic E-state index is 13.2. The van der Waals surface area contributed by atoms with Crippen LogP contribution in [0, 0.1) is 22.7 Å². The number of amides is 2. The summed E-state index contributed by atoms with van der Waals surface area (Å²) in [5.41, 5.74) is -0.280. The molecule has 9 nitrogen and oxygen atoms in total. The zero-order valence-corrected chi connectivity index (χ0v) is 19.4. The van der Waals surface area contributed by atoms with Crippen LogP contribution in [0.1, 0.15) is 77.9 Å². The lowest BCUT2D eigenvalue weighted by molar-refractivity contribution is -0.136. The van der Waals surface area contributed by atoms with Crippen molar-refractivity contribution in [2.45, 2.75) is 78.5 Å². The van der Waals surface area contributed by atoms with Gasteiger partial charge in [-0.1, -0.05) is 47.5 Å². The van der Waals surface area contributed by atoms with Crippen LogP contribution in [0.3, 0.4) is 0 Å². The Kier molecular flexibility index (Phi) is 8.07. The maximum atomic E-state index is 13.2. The number of hydrogen-bond donors (Lipinski definition) is 3. The molecule has 3 atom stereocenters. The van der Waals surface area contributed by atoms with E-state index in [1.165, 1.54) is 0 Å². The van der Waals surface area contributed by atoms with E-state index in [1.54, 1.807) is 13.8 Å². The molecule has 0 unspecified atom stereocenters. The lowest BCUT2D eigenvalue weighted by Gasteiger charge is -2.31. The van der Waals surface area contributed by atoms with Gasteiger partial charge in [0.2, 0.25) is 29.3 Å². The van der Waals surface area contributed by atoms with Gasteiger partial charge in [-0.05, 0) is 24.2 Å². The molecule has 2 amide bonds. The highest BCUT2D eigenvalue weighted by Gasteiger charge is 2.36. The second kappa shape index (κ2) is 10.1. The number of carbonyl (C=O) groups excluding carboxylic acids is 2. The Labute approximate surface area is 184 Å². The molecule has 172 valence electrons. The minimum atomic E-state index is -1.18. The Morgan fingerprint density at radius 3 is 2.61 bits per heavy atom. The number of nitrogens with zero attached hydrogens (tertiary/aromatic N) is 3. The Bertz CT molecular complexity index is 821. The lowest BCUT2D eigenvalue weighted by atomic mass is 9.86. The topological polar surface area (TPSA) is 131 Å². The largest absolute Gasteiger partial charge is 0.421 e. The molecule has 9 heteroatoms. The summed E-state index contributed by atoms with van der Waals surface area (Å²) < 4.78 is 5.96. The van der Waals surface area contributed by atoms with Crippen molar-refractivity contribution in [3.8, 4) is 6.07 Å². The molecular weight excluding hydrogens is 398 g/mol. The SMILES string of the molecule is CC(C)[C@H](O)C(=O)N[C@H]1CCCCCN(C)c2oc(nc2C#N)[C@H](C(C)(C)C)NC1=O. The van der Waals surface area contributed by atoms with Crippen molar-refractivity contribution >= 4 is 17.7 Å². The number of rotatable bonds is 3. The zero-order valence-electron chi connectivity index (χ0n) is 19.4. The van der Waals surface area contributed by atoms with Crippen molar-refractivity contribution in [2.24, 2.45) is 11.3 Å². The number of aliphatic hydroxyl groups excluding tert-OH is 1. The van der Waals surface area contributed by atoms with Crippen LogP contribution >= 0.6 is 0 Å². The Hall–Kier alpha value is -2.60. The fourth-order valence-corrected chi connectivity index (χ4v) is 3.48. The van der Waals surface area contributed by atoms with Crippen LogP contribution in [0.15, 0.2) is 4.42 Å². The van der Waals surface area contributed by atoms with Crippen molar-refractivity contribution in [1.29, 1.82) is 5.26 Å². The number of nitrogens with one attached hydrogen (secondary N) is 2. The molecule has 0 radical (unpaired) electrons. The second-order valence-electron chi connectivity index (χ2n) is 9.65. The molecule has 0 saturated heterocycles. The van der Waals surface area contributed by atoms with Crippen LogP contribution in [-0.2, 0) is 9.59 Å². The monoisotopic (exact) mass is 433 g/mol. The molecule has 3 N–H and O–H groups in total. The number of anilines is 1. The highest BCUT2D eigenvalue weighted by molar-refractivity contribution is 5.89. The molecule has 0 spiro atoms. The number of hydrogen-bond acceptors (Lipinski definition) is 7. The first-order chi connectivity index (χ1) is 14.5. The second-order valence-corrected chi connectivity index (χ2v) is 9.65. The van der Waals surface area contributed by atoms with Crippen LogP contribution in [-0.4, -0.2) is 47.6 Å². The van der Waals surface area contributed by atoms with E-state index in [0.717, 1.165) is 19.3 Å². The van der Waals surface area contributed by atoms with Crippen LogP contribution in [0.25, 0.3) is 0 Å². The molecule has 2 bridgehead atoms. The number of aliphatic hydroxyl groups is 1. The molecule has 1 aliphatic rings. The van der Waals surface area contributed by atoms with Crippen LogP contribution in [0.5, 0.6) is 0 Å². The average molecular weight is 434 g/mol. The quantitative estimate of drug-likeness (QED) is 0.666. The van der Waals surface area contributed by atoms with E-state index in [4.69, 9.17) is 4.42 Å². The number of carbonyl (C=O) groups is 2. The van der Waals surface area contributed by atoms with Gasteiger partial charge >= 0.3 is 0 Å². The number of oxazole rings is 1. The predicted octanol–water partition coefficient (Wildman–Crippen LogP) is 2.26. The fourth-order valence-electron chi connectivity index (χ4n) is 3.48. The van der Waals surface area contributed by atoms with Crippen LogP contribution < -0.4 is 15.5 Å². The van der Waals surface area contributed by atoms with E-state index in [2.05, 4.69) is 21.7 Å². The van der Waals surface area contributed by atoms with E-state index in [9.17, 15) is 20.0 Å². The minimum Gasteiger partial charge on any atom is -0.421 e. The van der Waals surface area contributed by atoms with Crippen molar-refractivity contribution in [1.82, 2.24) is 15.6 Å². The number of aromatic nitrogens is 1. The molecule has 1 aromatic rings. The summed E-state index contributed by atoms with van der Waals surface area (Å²) in [7, 11) is 1.85. The first kappa shape index (κ1) is 24.7. The van der Waals surface area contributed by atoms with Gasteiger partial charge in [-0.25, -0.2) is 0 Å². The first-order valence-electron chi connectivity index (χ1n) is 10.9. The van der Waals surface area contributed by atoms with E-state index < -0.39 is 29.5 Å². The summed E-state index contributed by atoms with van der Waals surface area (Å²) in [5.74, 6) is -0.534. The molecule has 2 rings (SSSR count). The van der Waals surface area contributed by atoms with Gasteiger partial charge in [0.25, 0.3) is 0 Å². The predicted molar refractivity (Wildman–Crippen MR) is 116 cm³/mol. The smallest absolute Gasteiger partial charge is 0.249 e. The van der Waals surface area contributed by atoms with Gasteiger partial charge in [0.05, 0.1) is 0 Å². The summed E-state index contributed by atoms with van der Waals surface area (Å²) >= 11 is 0. The maximum Gasteiger partial charge on any atom is 0.249 e. The number of fused-ring (bicyclic) bond motifs is 2. The summed E-state index contributed by atoms with van der Waals surface area (Å²) in [4.78, 5) is 31.8. The molecule has 31 heavy (non-hydrogen) atoms. The average Bonchev–Trinajstić information content (AvgIpc) is 3.12. The molecule has 0 saturated carbocycles. The zero-order chi connectivity index (χ0) is 23.3. The van der Waals surface area contributed by atoms with Crippen molar-refractivity contribution in [2.75, 3.05) is 18.5 Å².